The Bertz CT molecular complexity index is 1390. The normalized spacial score (nSPS) is 16.4. The Morgan fingerprint density at radius 3 is 2.69 bits per heavy atom. The van der Waals surface area contributed by atoms with Crippen molar-refractivity contribution in [3.05, 3.63) is 104 Å². The minimum Gasteiger partial charge on any atom is -0.497 e. The van der Waals surface area contributed by atoms with Gasteiger partial charge in [0.25, 0.3) is 5.91 Å². The van der Waals surface area contributed by atoms with Crippen molar-refractivity contribution in [3.63, 3.8) is 0 Å². The van der Waals surface area contributed by atoms with E-state index in [-0.39, 0.29) is 18.2 Å². The average Bonchev–Trinajstić information content (AvgIpc) is 2.87. The number of methoxy groups -OCH3 is 1. The Hall–Kier alpha value is -3.43. The molecule has 0 spiro atoms. The molecule has 9 heteroatoms. The van der Waals surface area contributed by atoms with E-state index in [1.807, 2.05) is 24.3 Å². The van der Waals surface area contributed by atoms with Crippen molar-refractivity contribution in [2.24, 2.45) is 0 Å². The fourth-order valence-electron chi connectivity index (χ4n) is 3.92. The SMILES string of the molecule is COc1ccc(C(=O)NCC2=C[C@H]3Oc4ccccc4C(=O)C3=CN2c2ncc(Br)cc2Br)cc1. The van der Waals surface area contributed by atoms with E-state index >= 15 is 0 Å². The standard InChI is InChI=1S/C26H19Br2N3O4/c1-34-18-8-6-15(7-9-18)26(33)30-13-17-11-23-20(24(32)19-4-2-3-5-22(19)35-23)14-31(17)25-21(28)10-16(27)12-29-25/h2-12,14,23H,13H2,1H3,(H,30,33)/t23-/m1/s1. The number of para-hydroxylation sites is 1. The van der Waals surface area contributed by atoms with Crippen LogP contribution < -0.4 is 19.7 Å². The summed E-state index contributed by atoms with van der Waals surface area (Å²) >= 11 is 6.99. The summed E-state index contributed by atoms with van der Waals surface area (Å²) in [6.07, 6.45) is 4.68. The van der Waals surface area contributed by atoms with Crippen molar-refractivity contribution >= 4 is 49.4 Å². The van der Waals surface area contributed by atoms with Crippen molar-refractivity contribution in [1.82, 2.24) is 10.3 Å². The number of nitrogens with zero attached hydrogens (tertiary/aromatic N) is 2. The second-order valence-corrected chi connectivity index (χ2v) is 9.62. The third kappa shape index (κ3) is 4.61. The number of benzene rings is 2. The van der Waals surface area contributed by atoms with E-state index in [1.165, 1.54) is 0 Å². The number of anilines is 1. The van der Waals surface area contributed by atoms with Crippen molar-refractivity contribution < 1.29 is 19.1 Å². The smallest absolute Gasteiger partial charge is 0.251 e. The molecule has 0 aliphatic carbocycles. The number of rotatable bonds is 5. The van der Waals surface area contributed by atoms with Gasteiger partial charge in [-0.05, 0) is 80.4 Å². The van der Waals surface area contributed by atoms with Gasteiger partial charge in [0.1, 0.15) is 17.6 Å². The molecule has 1 N–H and O–H groups in total. The Kier molecular flexibility index (Phi) is 6.44. The predicted octanol–water partition coefficient (Wildman–Crippen LogP) is 5.28. The van der Waals surface area contributed by atoms with Crippen LogP contribution in [0.4, 0.5) is 5.82 Å². The third-order valence-electron chi connectivity index (χ3n) is 5.67. The lowest BCUT2D eigenvalue weighted by molar-refractivity contribution is 0.0950. The number of carbonyl (C=O) groups is 2. The number of hydrogen-bond acceptors (Lipinski definition) is 6. The zero-order valence-corrected chi connectivity index (χ0v) is 21.7. The number of amides is 1. The van der Waals surface area contributed by atoms with Gasteiger partial charge in [0.2, 0.25) is 0 Å². The van der Waals surface area contributed by atoms with Crippen molar-refractivity contribution in [1.29, 1.82) is 0 Å². The Morgan fingerprint density at radius 1 is 1.17 bits per heavy atom. The maximum Gasteiger partial charge on any atom is 0.251 e. The van der Waals surface area contributed by atoms with Gasteiger partial charge in [-0.25, -0.2) is 4.98 Å². The summed E-state index contributed by atoms with van der Waals surface area (Å²) in [4.78, 5) is 32.4. The zero-order valence-electron chi connectivity index (χ0n) is 18.5. The van der Waals surface area contributed by atoms with Crippen molar-refractivity contribution in [2.75, 3.05) is 18.6 Å². The molecule has 35 heavy (non-hydrogen) atoms. The van der Waals surface area contributed by atoms with Gasteiger partial charge < -0.3 is 19.7 Å². The van der Waals surface area contributed by atoms with Crippen LogP contribution in [0.15, 0.2) is 93.3 Å². The molecule has 3 heterocycles. The molecule has 7 nitrogen and oxygen atoms in total. The molecule has 0 saturated carbocycles. The van der Waals surface area contributed by atoms with Gasteiger partial charge in [-0.15, -0.1) is 0 Å². The molecule has 0 saturated heterocycles. The lowest BCUT2D eigenvalue weighted by Crippen LogP contribution is -2.39. The highest BCUT2D eigenvalue weighted by Gasteiger charge is 2.35. The maximum absolute atomic E-state index is 13.3. The Morgan fingerprint density at radius 2 is 1.94 bits per heavy atom. The number of hydrogen-bond donors (Lipinski definition) is 1. The minimum absolute atomic E-state index is 0.104. The summed E-state index contributed by atoms with van der Waals surface area (Å²) in [6.45, 7) is 0.189. The molecule has 3 aromatic rings. The molecule has 176 valence electrons. The lowest BCUT2D eigenvalue weighted by atomic mass is 9.93. The van der Waals surface area contributed by atoms with E-state index in [1.54, 1.807) is 60.8 Å². The van der Waals surface area contributed by atoms with Gasteiger partial charge in [0, 0.05) is 28.1 Å². The molecular weight excluding hydrogens is 578 g/mol. The lowest BCUT2D eigenvalue weighted by Gasteiger charge is -2.34. The first-order valence-corrected chi connectivity index (χ1v) is 12.3. The van der Waals surface area contributed by atoms with Crippen LogP contribution in [0.5, 0.6) is 11.5 Å². The summed E-state index contributed by atoms with van der Waals surface area (Å²) in [5.41, 5.74) is 2.22. The van der Waals surface area contributed by atoms with Crippen molar-refractivity contribution in [2.45, 2.75) is 6.10 Å². The van der Waals surface area contributed by atoms with E-state index in [2.05, 4.69) is 42.2 Å². The second kappa shape index (κ2) is 9.67. The predicted molar refractivity (Wildman–Crippen MR) is 139 cm³/mol. The molecule has 2 aliphatic rings. The monoisotopic (exact) mass is 595 g/mol. The number of pyridine rings is 1. The van der Waals surface area contributed by atoms with Crippen LogP contribution in [0.3, 0.4) is 0 Å². The fourth-order valence-corrected chi connectivity index (χ4v) is 5.09. The molecule has 1 atom stereocenters. The van der Waals surface area contributed by atoms with Gasteiger partial charge in [-0.1, -0.05) is 12.1 Å². The number of Topliss-reactive ketones (excluding diaryl/α,β-unsaturated/α-hetero) is 1. The molecule has 2 aliphatic heterocycles. The number of aromatic nitrogens is 1. The fraction of sp³-hybridized carbons (Fsp3) is 0.115. The Balaban J connectivity index is 1.47. The van der Waals surface area contributed by atoms with E-state index in [0.29, 0.717) is 39.7 Å². The molecule has 0 unspecified atom stereocenters. The highest BCUT2D eigenvalue weighted by Crippen LogP contribution is 2.37. The summed E-state index contributed by atoms with van der Waals surface area (Å²) in [5, 5.41) is 2.95. The van der Waals surface area contributed by atoms with Crippen LogP contribution in [0.2, 0.25) is 0 Å². The number of carbonyl (C=O) groups excluding carboxylic acids is 2. The molecule has 0 radical (unpaired) electrons. The van der Waals surface area contributed by atoms with Crippen LogP contribution in [-0.4, -0.2) is 36.4 Å². The van der Waals surface area contributed by atoms with Gasteiger partial charge in [0.05, 0.1) is 29.3 Å². The van der Waals surface area contributed by atoms with Gasteiger partial charge in [-0.2, -0.15) is 0 Å². The van der Waals surface area contributed by atoms with Crippen LogP contribution in [0, 0.1) is 0 Å². The van der Waals surface area contributed by atoms with Crippen LogP contribution in [0.25, 0.3) is 0 Å². The molecule has 0 bridgehead atoms. The Labute approximate surface area is 218 Å². The van der Waals surface area contributed by atoms with Gasteiger partial charge >= 0.3 is 0 Å². The van der Waals surface area contributed by atoms with Crippen LogP contribution >= 0.6 is 31.9 Å². The van der Waals surface area contributed by atoms with Crippen molar-refractivity contribution in [3.8, 4) is 11.5 Å². The largest absolute Gasteiger partial charge is 0.497 e. The second-order valence-electron chi connectivity index (χ2n) is 7.85. The van der Waals surface area contributed by atoms with E-state index in [4.69, 9.17) is 9.47 Å². The van der Waals surface area contributed by atoms with Crippen LogP contribution in [-0.2, 0) is 0 Å². The number of ketones is 1. The van der Waals surface area contributed by atoms with Gasteiger partial charge in [0.15, 0.2) is 11.6 Å². The molecule has 1 amide bonds. The molecular formula is C26H19Br2N3O4. The number of fused-ring (bicyclic) bond motifs is 2. The third-order valence-corrected chi connectivity index (χ3v) is 6.69. The average molecular weight is 597 g/mol. The summed E-state index contributed by atoms with van der Waals surface area (Å²) in [5.74, 6) is 1.44. The molecule has 2 aromatic carbocycles. The molecule has 1 aromatic heterocycles. The van der Waals surface area contributed by atoms with E-state index in [9.17, 15) is 9.59 Å². The topological polar surface area (TPSA) is 80.8 Å². The first-order chi connectivity index (χ1) is 16.9. The minimum atomic E-state index is -0.573. The molecule has 5 rings (SSSR count). The van der Waals surface area contributed by atoms with Crippen LogP contribution in [0.1, 0.15) is 20.7 Å². The highest BCUT2D eigenvalue weighted by atomic mass is 79.9. The van der Waals surface area contributed by atoms with Gasteiger partial charge in [-0.3, -0.25) is 9.59 Å². The summed E-state index contributed by atoms with van der Waals surface area (Å²) in [6, 6.07) is 15.9. The highest BCUT2D eigenvalue weighted by molar-refractivity contribution is 9.11. The molecule has 0 fully saturated rings. The zero-order chi connectivity index (χ0) is 24.5. The van der Waals surface area contributed by atoms with E-state index in [0.717, 1.165) is 8.95 Å². The summed E-state index contributed by atoms with van der Waals surface area (Å²) in [7, 11) is 1.58. The van der Waals surface area contributed by atoms with E-state index < -0.39 is 6.10 Å². The number of halogens is 2. The first-order valence-electron chi connectivity index (χ1n) is 10.7. The quantitative estimate of drug-likeness (QED) is 0.432. The maximum atomic E-state index is 13.3. The number of ether oxygens (including phenoxy) is 2. The first kappa shape index (κ1) is 23.3. The number of nitrogens with one attached hydrogen (secondary N) is 1. The summed E-state index contributed by atoms with van der Waals surface area (Å²) < 4.78 is 12.8.